The van der Waals surface area contributed by atoms with E-state index in [9.17, 15) is 0 Å². The third kappa shape index (κ3) is 2.16. The molecule has 2 heterocycles. The fourth-order valence-corrected chi connectivity index (χ4v) is 4.64. The maximum absolute atomic E-state index is 4.11. The highest BCUT2D eigenvalue weighted by Gasteiger charge is 2.35. The minimum absolute atomic E-state index is 0.201. The zero-order chi connectivity index (χ0) is 11.6. The van der Waals surface area contributed by atoms with E-state index in [0.717, 1.165) is 12.2 Å². The Bertz CT molecular complexity index is 400. The van der Waals surface area contributed by atoms with E-state index in [-0.39, 0.29) is 4.08 Å². The molecule has 1 aromatic rings. The van der Waals surface area contributed by atoms with Crippen molar-refractivity contribution in [2.24, 2.45) is 0 Å². The van der Waals surface area contributed by atoms with Gasteiger partial charge in [-0.1, -0.05) is 11.1 Å². The van der Waals surface area contributed by atoms with Gasteiger partial charge in [-0.3, -0.25) is 4.98 Å². The molecule has 0 saturated heterocycles. The number of thioether (sulfide) groups is 2. The first-order valence-corrected chi connectivity index (χ1v) is 7.64. The summed E-state index contributed by atoms with van der Waals surface area (Å²) >= 11 is 4.01. The summed E-state index contributed by atoms with van der Waals surface area (Å²) in [6.45, 7) is 4.51. The minimum atomic E-state index is 0.201. The monoisotopic (exact) mass is 251 g/mol. The second-order valence-corrected chi connectivity index (χ2v) is 6.86. The Kier molecular flexibility index (Phi) is 3.65. The molecule has 1 aliphatic rings. The largest absolute Gasteiger partial charge is 0.265 e. The van der Waals surface area contributed by atoms with Crippen LogP contribution in [0.5, 0.6) is 0 Å². The molecule has 1 unspecified atom stereocenters. The number of rotatable bonds is 2. The molecule has 0 spiro atoms. The number of pyridine rings is 1. The van der Waals surface area contributed by atoms with Crippen LogP contribution < -0.4 is 0 Å². The van der Waals surface area contributed by atoms with Crippen LogP contribution in [0.4, 0.5) is 0 Å². The van der Waals surface area contributed by atoms with Crippen LogP contribution in [0.15, 0.2) is 35.7 Å². The van der Waals surface area contributed by atoms with Crippen molar-refractivity contribution in [2.45, 2.75) is 24.3 Å². The molecule has 0 aliphatic carbocycles. The molecule has 0 N–H and O–H groups in total. The SMILES string of the molecule is CSC1(c2ccncc2)CC(C)=C(C)CS1. The molecule has 1 atom stereocenters. The predicted molar refractivity (Wildman–Crippen MR) is 74.9 cm³/mol. The Balaban J connectivity index is 2.36. The summed E-state index contributed by atoms with van der Waals surface area (Å²) in [7, 11) is 0. The summed E-state index contributed by atoms with van der Waals surface area (Å²) in [4.78, 5) is 4.11. The van der Waals surface area contributed by atoms with Gasteiger partial charge in [-0.2, -0.15) is 0 Å². The van der Waals surface area contributed by atoms with Crippen molar-refractivity contribution in [3.8, 4) is 0 Å². The third-order valence-corrected chi connectivity index (χ3v) is 6.51. The lowest BCUT2D eigenvalue weighted by Gasteiger charge is -2.36. The molecule has 0 radical (unpaired) electrons. The summed E-state index contributed by atoms with van der Waals surface area (Å²) < 4.78 is 0.201. The van der Waals surface area contributed by atoms with Crippen LogP contribution in [0, 0.1) is 0 Å². The maximum atomic E-state index is 4.11. The van der Waals surface area contributed by atoms with Crippen LogP contribution in [0.3, 0.4) is 0 Å². The van der Waals surface area contributed by atoms with Crippen molar-refractivity contribution >= 4 is 23.5 Å². The molecular weight excluding hydrogens is 234 g/mol. The van der Waals surface area contributed by atoms with Gasteiger partial charge < -0.3 is 0 Å². The highest BCUT2D eigenvalue weighted by Crippen LogP contribution is 2.53. The molecular formula is C13H17NS2. The lowest BCUT2D eigenvalue weighted by molar-refractivity contribution is 0.825. The van der Waals surface area contributed by atoms with Crippen LogP contribution in [0.1, 0.15) is 25.8 Å². The van der Waals surface area contributed by atoms with Crippen LogP contribution in [-0.2, 0) is 4.08 Å². The molecule has 0 saturated carbocycles. The van der Waals surface area contributed by atoms with Crippen molar-refractivity contribution in [3.05, 3.63) is 41.2 Å². The van der Waals surface area contributed by atoms with Gasteiger partial charge in [0.25, 0.3) is 0 Å². The maximum Gasteiger partial charge on any atom is 0.0898 e. The number of nitrogens with zero attached hydrogens (tertiary/aromatic N) is 1. The average molecular weight is 251 g/mol. The lowest BCUT2D eigenvalue weighted by Crippen LogP contribution is -2.22. The number of hydrogen-bond donors (Lipinski definition) is 0. The van der Waals surface area contributed by atoms with E-state index in [1.807, 2.05) is 24.2 Å². The Morgan fingerprint density at radius 1 is 1.25 bits per heavy atom. The summed E-state index contributed by atoms with van der Waals surface area (Å²) in [5.41, 5.74) is 4.49. The minimum Gasteiger partial charge on any atom is -0.265 e. The number of aromatic nitrogens is 1. The molecule has 0 amide bonds. The van der Waals surface area contributed by atoms with E-state index in [4.69, 9.17) is 0 Å². The quantitative estimate of drug-likeness (QED) is 0.735. The summed E-state index contributed by atoms with van der Waals surface area (Å²) in [5, 5.41) is 0. The van der Waals surface area contributed by atoms with Gasteiger partial charge in [0.15, 0.2) is 0 Å². The standard InChI is InChI=1S/C13H17NS2/c1-10-8-13(15-3,16-9-11(10)2)12-4-6-14-7-5-12/h4-7H,8-9H2,1-3H3. The van der Waals surface area contributed by atoms with Gasteiger partial charge in [0.2, 0.25) is 0 Å². The Hall–Kier alpha value is -0.410. The molecule has 16 heavy (non-hydrogen) atoms. The Morgan fingerprint density at radius 2 is 1.94 bits per heavy atom. The molecule has 1 aromatic heterocycles. The zero-order valence-corrected chi connectivity index (χ0v) is 11.6. The summed E-state index contributed by atoms with van der Waals surface area (Å²) in [6.07, 6.45) is 7.15. The average Bonchev–Trinajstić information content (AvgIpc) is 2.34. The van der Waals surface area contributed by atoms with Crippen molar-refractivity contribution < 1.29 is 0 Å². The first-order valence-electron chi connectivity index (χ1n) is 5.43. The van der Waals surface area contributed by atoms with E-state index in [1.165, 1.54) is 5.56 Å². The normalized spacial score (nSPS) is 25.9. The van der Waals surface area contributed by atoms with Crippen LogP contribution in [0.25, 0.3) is 0 Å². The molecule has 3 heteroatoms. The highest BCUT2D eigenvalue weighted by atomic mass is 32.2. The molecule has 86 valence electrons. The number of allylic oxidation sites excluding steroid dienone is 1. The fourth-order valence-electron chi connectivity index (χ4n) is 1.94. The van der Waals surface area contributed by atoms with Gasteiger partial charge in [0.1, 0.15) is 0 Å². The van der Waals surface area contributed by atoms with E-state index < -0.39 is 0 Å². The molecule has 2 rings (SSSR count). The zero-order valence-electron chi connectivity index (χ0n) is 9.99. The van der Waals surface area contributed by atoms with Crippen molar-refractivity contribution in [2.75, 3.05) is 12.0 Å². The smallest absolute Gasteiger partial charge is 0.0898 e. The van der Waals surface area contributed by atoms with Gasteiger partial charge in [0, 0.05) is 18.1 Å². The van der Waals surface area contributed by atoms with Crippen LogP contribution in [0.2, 0.25) is 0 Å². The first kappa shape index (κ1) is 12.1. The first-order chi connectivity index (χ1) is 7.68. The second kappa shape index (κ2) is 4.84. The van der Waals surface area contributed by atoms with Crippen molar-refractivity contribution in [1.82, 2.24) is 4.98 Å². The molecule has 1 nitrogen and oxygen atoms in total. The fraction of sp³-hybridized carbons (Fsp3) is 0.462. The van der Waals surface area contributed by atoms with Gasteiger partial charge in [-0.15, -0.1) is 23.5 Å². The molecule has 0 aromatic carbocycles. The summed E-state index contributed by atoms with van der Waals surface area (Å²) in [6, 6.07) is 4.30. The van der Waals surface area contributed by atoms with Crippen LogP contribution >= 0.6 is 23.5 Å². The molecule has 0 fully saturated rings. The van der Waals surface area contributed by atoms with E-state index in [1.54, 1.807) is 11.1 Å². The highest BCUT2D eigenvalue weighted by molar-refractivity contribution is 8.17. The number of hydrogen-bond acceptors (Lipinski definition) is 3. The summed E-state index contributed by atoms with van der Waals surface area (Å²) in [5.74, 6) is 1.15. The van der Waals surface area contributed by atoms with E-state index in [0.29, 0.717) is 0 Å². The van der Waals surface area contributed by atoms with Gasteiger partial charge in [-0.05, 0) is 44.2 Å². The second-order valence-electron chi connectivity index (χ2n) is 4.22. The van der Waals surface area contributed by atoms with Crippen molar-refractivity contribution in [3.63, 3.8) is 0 Å². The lowest BCUT2D eigenvalue weighted by atomic mass is 10.0. The van der Waals surface area contributed by atoms with Gasteiger partial charge in [0.05, 0.1) is 4.08 Å². The Morgan fingerprint density at radius 3 is 2.50 bits per heavy atom. The van der Waals surface area contributed by atoms with Crippen molar-refractivity contribution in [1.29, 1.82) is 0 Å². The Labute approximate surface area is 106 Å². The van der Waals surface area contributed by atoms with Gasteiger partial charge >= 0.3 is 0 Å². The topological polar surface area (TPSA) is 12.9 Å². The van der Waals surface area contributed by atoms with E-state index >= 15 is 0 Å². The third-order valence-electron chi connectivity index (χ3n) is 3.20. The van der Waals surface area contributed by atoms with Gasteiger partial charge in [-0.25, -0.2) is 0 Å². The van der Waals surface area contributed by atoms with Crippen LogP contribution in [-0.4, -0.2) is 17.0 Å². The van der Waals surface area contributed by atoms with E-state index in [2.05, 4.69) is 49.0 Å². The molecule has 0 bridgehead atoms. The molecule has 1 aliphatic heterocycles. The predicted octanol–water partition coefficient (Wildman–Crippen LogP) is 4.07.